The standard InChI is InChI=1S/C15H17N3O3/c1-16-14(19)13-9-21-7-6-18(13)15(20)11-3-2-10-4-5-17-12(10)8-11/h2-5,8,13,17H,6-7,9H2,1H3,(H,16,19). The quantitative estimate of drug-likeness (QED) is 0.856. The second-order valence-electron chi connectivity index (χ2n) is 4.98. The number of hydrogen-bond acceptors (Lipinski definition) is 3. The van der Waals surface area contributed by atoms with E-state index in [0.717, 1.165) is 10.9 Å². The Morgan fingerprint density at radius 1 is 1.38 bits per heavy atom. The van der Waals surface area contributed by atoms with E-state index in [2.05, 4.69) is 10.3 Å². The highest BCUT2D eigenvalue weighted by molar-refractivity contribution is 6.00. The van der Waals surface area contributed by atoms with Crippen LogP contribution in [-0.4, -0.2) is 54.5 Å². The number of nitrogens with zero attached hydrogens (tertiary/aromatic N) is 1. The Balaban J connectivity index is 1.89. The number of carbonyl (C=O) groups is 2. The van der Waals surface area contributed by atoms with Crippen LogP contribution >= 0.6 is 0 Å². The van der Waals surface area contributed by atoms with Crippen molar-refractivity contribution in [3.05, 3.63) is 36.0 Å². The van der Waals surface area contributed by atoms with E-state index in [4.69, 9.17) is 4.74 Å². The minimum Gasteiger partial charge on any atom is -0.377 e. The zero-order valence-corrected chi connectivity index (χ0v) is 11.8. The Hall–Kier alpha value is -2.34. The minimum atomic E-state index is -0.574. The third-order valence-corrected chi connectivity index (χ3v) is 3.74. The fourth-order valence-electron chi connectivity index (χ4n) is 2.58. The number of aromatic amines is 1. The van der Waals surface area contributed by atoms with Gasteiger partial charge in [-0.25, -0.2) is 0 Å². The molecule has 6 nitrogen and oxygen atoms in total. The van der Waals surface area contributed by atoms with Crippen LogP contribution in [0.2, 0.25) is 0 Å². The highest BCUT2D eigenvalue weighted by Gasteiger charge is 2.32. The first-order valence-corrected chi connectivity index (χ1v) is 6.88. The molecule has 3 rings (SSSR count). The summed E-state index contributed by atoms with van der Waals surface area (Å²) in [6.45, 7) is 1.10. The van der Waals surface area contributed by atoms with E-state index in [1.54, 1.807) is 18.0 Å². The van der Waals surface area contributed by atoms with Gasteiger partial charge in [-0.05, 0) is 23.6 Å². The Morgan fingerprint density at radius 2 is 2.24 bits per heavy atom. The summed E-state index contributed by atoms with van der Waals surface area (Å²) in [5, 5.41) is 3.63. The molecular weight excluding hydrogens is 270 g/mol. The van der Waals surface area contributed by atoms with Crippen molar-refractivity contribution in [2.75, 3.05) is 26.8 Å². The zero-order valence-electron chi connectivity index (χ0n) is 11.8. The van der Waals surface area contributed by atoms with E-state index < -0.39 is 6.04 Å². The number of fused-ring (bicyclic) bond motifs is 1. The monoisotopic (exact) mass is 287 g/mol. The summed E-state index contributed by atoms with van der Waals surface area (Å²) in [5.41, 5.74) is 1.48. The van der Waals surface area contributed by atoms with Crippen molar-refractivity contribution in [1.82, 2.24) is 15.2 Å². The van der Waals surface area contributed by atoms with Crippen LogP contribution in [0.1, 0.15) is 10.4 Å². The van der Waals surface area contributed by atoms with E-state index in [1.807, 2.05) is 24.4 Å². The Bertz CT molecular complexity index is 680. The third-order valence-electron chi connectivity index (χ3n) is 3.74. The van der Waals surface area contributed by atoms with Crippen LogP contribution in [-0.2, 0) is 9.53 Å². The van der Waals surface area contributed by atoms with Gasteiger partial charge in [0.1, 0.15) is 6.04 Å². The predicted molar refractivity (Wildman–Crippen MR) is 78.0 cm³/mol. The SMILES string of the molecule is CNC(=O)C1COCCN1C(=O)c1ccc2cc[nH]c2c1. The number of benzene rings is 1. The molecule has 1 aliphatic rings. The maximum atomic E-state index is 12.7. The Kier molecular flexibility index (Phi) is 3.62. The molecule has 0 spiro atoms. The maximum absolute atomic E-state index is 12.7. The van der Waals surface area contributed by atoms with Gasteiger partial charge in [-0.1, -0.05) is 6.07 Å². The topological polar surface area (TPSA) is 74.4 Å². The predicted octanol–water partition coefficient (Wildman–Crippen LogP) is 0.755. The smallest absolute Gasteiger partial charge is 0.254 e. The number of hydrogen-bond donors (Lipinski definition) is 2. The molecule has 2 N–H and O–H groups in total. The molecule has 6 heteroatoms. The molecule has 2 heterocycles. The summed E-state index contributed by atoms with van der Waals surface area (Å²) >= 11 is 0. The lowest BCUT2D eigenvalue weighted by Crippen LogP contribution is -2.55. The van der Waals surface area contributed by atoms with Crippen molar-refractivity contribution < 1.29 is 14.3 Å². The van der Waals surface area contributed by atoms with Crippen molar-refractivity contribution >= 4 is 22.7 Å². The molecular formula is C15H17N3O3. The molecule has 2 amide bonds. The second kappa shape index (κ2) is 5.57. The molecule has 0 radical (unpaired) electrons. The van der Waals surface area contributed by atoms with Gasteiger partial charge in [-0.15, -0.1) is 0 Å². The second-order valence-corrected chi connectivity index (χ2v) is 4.98. The molecule has 1 aliphatic heterocycles. The number of amides is 2. The average molecular weight is 287 g/mol. The Morgan fingerprint density at radius 3 is 3.05 bits per heavy atom. The molecule has 1 fully saturated rings. The fourth-order valence-corrected chi connectivity index (χ4v) is 2.58. The number of aromatic nitrogens is 1. The van der Waals surface area contributed by atoms with E-state index in [1.165, 1.54) is 0 Å². The van der Waals surface area contributed by atoms with Gasteiger partial charge in [-0.3, -0.25) is 9.59 Å². The van der Waals surface area contributed by atoms with E-state index in [0.29, 0.717) is 18.7 Å². The molecule has 21 heavy (non-hydrogen) atoms. The molecule has 2 aromatic rings. The van der Waals surface area contributed by atoms with Gasteiger partial charge in [0.15, 0.2) is 0 Å². The van der Waals surface area contributed by atoms with Crippen LogP contribution in [0, 0.1) is 0 Å². The molecule has 1 aromatic heterocycles. The number of ether oxygens (including phenoxy) is 1. The van der Waals surface area contributed by atoms with Crippen molar-refractivity contribution in [3.63, 3.8) is 0 Å². The number of nitrogens with one attached hydrogen (secondary N) is 2. The van der Waals surface area contributed by atoms with Gasteiger partial charge in [-0.2, -0.15) is 0 Å². The van der Waals surface area contributed by atoms with Gasteiger partial charge in [0.05, 0.1) is 13.2 Å². The first-order valence-electron chi connectivity index (χ1n) is 6.88. The lowest BCUT2D eigenvalue weighted by Gasteiger charge is -2.34. The lowest BCUT2D eigenvalue weighted by atomic mass is 10.1. The van der Waals surface area contributed by atoms with Crippen molar-refractivity contribution in [1.29, 1.82) is 0 Å². The van der Waals surface area contributed by atoms with Crippen LogP contribution in [0.15, 0.2) is 30.5 Å². The minimum absolute atomic E-state index is 0.150. The van der Waals surface area contributed by atoms with Crippen LogP contribution < -0.4 is 5.32 Å². The molecule has 1 aromatic carbocycles. The van der Waals surface area contributed by atoms with Crippen LogP contribution in [0.4, 0.5) is 0 Å². The summed E-state index contributed by atoms with van der Waals surface area (Å²) in [7, 11) is 1.56. The molecule has 1 atom stereocenters. The summed E-state index contributed by atoms with van der Waals surface area (Å²) < 4.78 is 5.32. The van der Waals surface area contributed by atoms with Gasteiger partial charge < -0.3 is 19.9 Å². The maximum Gasteiger partial charge on any atom is 0.254 e. The summed E-state index contributed by atoms with van der Waals surface area (Å²) in [6.07, 6.45) is 1.83. The third kappa shape index (κ3) is 2.50. The van der Waals surface area contributed by atoms with Crippen molar-refractivity contribution in [3.8, 4) is 0 Å². The molecule has 0 aliphatic carbocycles. The highest BCUT2D eigenvalue weighted by Crippen LogP contribution is 2.18. The van der Waals surface area contributed by atoms with E-state index in [9.17, 15) is 9.59 Å². The van der Waals surface area contributed by atoms with Crippen LogP contribution in [0.25, 0.3) is 10.9 Å². The highest BCUT2D eigenvalue weighted by atomic mass is 16.5. The van der Waals surface area contributed by atoms with Crippen molar-refractivity contribution in [2.24, 2.45) is 0 Å². The molecule has 1 unspecified atom stereocenters. The number of morpholine rings is 1. The summed E-state index contributed by atoms with van der Waals surface area (Å²) in [4.78, 5) is 29.2. The van der Waals surface area contributed by atoms with Gasteiger partial charge in [0.2, 0.25) is 5.91 Å². The zero-order chi connectivity index (χ0) is 14.8. The van der Waals surface area contributed by atoms with E-state index in [-0.39, 0.29) is 18.4 Å². The first-order chi connectivity index (χ1) is 10.2. The average Bonchev–Trinajstić information content (AvgIpc) is 3.01. The molecule has 0 bridgehead atoms. The number of likely N-dealkylation sites (N-methyl/N-ethyl adjacent to an activating group) is 1. The summed E-state index contributed by atoms with van der Waals surface area (Å²) in [6, 6.07) is 6.87. The van der Waals surface area contributed by atoms with Crippen LogP contribution in [0.5, 0.6) is 0 Å². The number of carbonyl (C=O) groups excluding carboxylic acids is 2. The number of H-pyrrole nitrogens is 1. The van der Waals surface area contributed by atoms with Crippen molar-refractivity contribution in [2.45, 2.75) is 6.04 Å². The van der Waals surface area contributed by atoms with Crippen LogP contribution in [0.3, 0.4) is 0 Å². The van der Waals surface area contributed by atoms with Gasteiger partial charge in [0, 0.05) is 30.9 Å². The van der Waals surface area contributed by atoms with Gasteiger partial charge >= 0.3 is 0 Å². The number of rotatable bonds is 2. The van der Waals surface area contributed by atoms with Gasteiger partial charge in [0.25, 0.3) is 5.91 Å². The molecule has 110 valence electrons. The van der Waals surface area contributed by atoms with E-state index >= 15 is 0 Å². The molecule has 0 saturated carbocycles. The first kappa shape index (κ1) is 13.6. The lowest BCUT2D eigenvalue weighted by molar-refractivity contribution is -0.130. The largest absolute Gasteiger partial charge is 0.377 e. The Labute approximate surface area is 122 Å². The normalized spacial score (nSPS) is 18.7. The fraction of sp³-hybridized carbons (Fsp3) is 0.333. The molecule has 1 saturated heterocycles. The summed E-state index contributed by atoms with van der Waals surface area (Å²) in [5.74, 6) is -0.354.